The predicted molar refractivity (Wildman–Crippen MR) is 140 cm³/mol. The molecule has 0 unspecified atom stereocenters. The van der Waals surface area contributed by atoms with Crippen LogP contribution in [0.15, 0.2) is 71.8 Å². The first-order chi connectivity index (χ1) is 17.3. The number of carbonyl (C=O) groups excluding carboxylic acids is 2. The topological polar surface area (TPSA) is 138 Å². The largest absolute Gasteiger partial charge is 0.481 e. The first kappa shape index (κ1) is 24.3. The summed E-state index contributed by atoms with van der Waals surface area (Å²) in [5, 5.41) is 20.5. The first-order valence-electron chi connectivity index (χ1n) is 10.6. The predicted octanol–water partition coefficient (Wildman–Crippen LogP) is 4.18. The smallest absolute Gasteiger partial charge is 0.339 e. The number of fused-ring (bicyclic) bond motifs is 1. The second kappa shape index (κ2) is 10.6. The number of ether oxygens (including phenoxy) is 1. The number of rotatable bonds is 5. The number of nitro benzene ring substituents is 1. The number of nitrogens with one attached hydrogen (secondary N) is 3. The average Bonchev–Trinajstić information content (AvgIpc) is 2.85. The van der Waals surface area contributed by atoms with Crippen LogP contribution < -0.4 is 25.7 Å². The van der Waals surface area contributed by atoms with Crippen LogP contribution in [0.4, 0.5) is 27.5 Å². The number of benzene rings is 3. The summed E-state index contributed by atoms with van der Waals surface area (Å²) in [6.07, 6.45) is 1.29. The molecule has 1 aliphatic heterocycles. The first-order valence-corrected chi connectivity index (χ1v) is 11.0. The monoisotopic (exact) mass is 504 g/mol. The van der Waals surface area contributed by atoms with Crippen LogP contribution in [0.25, 0.3) is 0 Å². The van der Waals surface area contributed by atoms with E-state index in [2.05, 4.69) is 21.2 Å². The maximum Gasteiger partial charge on any atom is 0.339 e. The highest BCUT2D eigenvalue weighted by Gasteiger charge is 2.29. The average molecular weight is 505 g/mol. The van der Waals surface area contributed by atoms with Crippen molar-refractivity contribution in [3.8, 4) is 5.75 Å². The highest BCUT2D eigenvalue weighted by atomic mass is 32.1. The van der Waals surface area contributed by atoms with E-state index in [1.54, 1.807) is 24.3 Å². The molecular formula is C24H20N6O5S. The molecule has 3 amide bonds. The van der Waals surface area contributed by atoms with Crippen molar-refractivity contribution in [2.75, 3.05) is 22.1 Å². The van der Waals surface area contributed by atoms with Gasteiger partial charge in [-0.25, -0.2) is 10.2 Å². The summed E-state index contributed by atoms with van der Waals surface area (Å²) in [4.78, 5) is 36.4. The quantitative estimate of drug-likeness (QED) is 0.205. The van der Waals surface area contributed by atoms with Gasteiger partial charge in [0.25, 0.3) is 11.6 Å². The summed E-state index contributed by atoms with van der Waals surface area (Å²) in [5.74, 6) is 0.0293. The van der Waals surface area contributed by atoms with Gasteiger partial charge in [0.05, 0.1) is 16.8 Å². The summed E-state index contributed by atoms with van der Waals surface area (Å²) in [6.45, 7) is 1.76. The number of hydrogen-bond donors (Lipinski definition) is 3. The minimum absolute atomic E-state index is 0.0847. The molecular weight excluding hydrogens is 484 g/mol. The van der Waals surface area contributed by atoms with Gasteiger partial charge in [0, 0.05) is 35.1 Å². The molecule has 0 aromatic heterocycles. The van der Waals surface area contributed by atoms with Gasteiger partial charge in [-0.15, -0.1) is 0 Å². The van der Waals surface area contributed by atoms with Gasteiger partial charge in [0.2, 0.25) is 0 Å². The molecule has 3 aromatic rings. The Labute approximate surface area is 210 Å². The van der Waals surface area contributed by atoms with Gasteiger partial charge in [-0.2, -0.15) is 5.10 Å². The number of amides is 3. The van der Waals surface area contributed by atoms with Crippen LogP contribution in [0.1, 0.15) is 11.1 Å². The van der Waals surface area contributed by atoms with Gasteiger partial charge >= 0.3 is 6.03 Å². The molecule has 0 fully saturated rings. The Morgan fingerprint density at radius 1 is 1.11 bits per heavy atom. The molecule has 0 bridgehead atoms. The molecule has 0 radical (unpaired) electrons. The number of carbonyl (C=O) groups is 2. The molecule has 11 nitrogen and oxygen atoms in total. The van der Waals surface area contributed by atoms with Gasteiger partial charge in [-0.3, -0.25) is 19.8 Å². The van der Waals surface area contributed by atoms with E-state index in [1.807, 2.05) is 31.2 Å². The lowest BCUT2D eigenvalue weighted by molar-refractivity contribution is -0.384. The number of urea groups is 1. The third kappa shape index (κ3) is 5.80. The summed E-state index contributed by atoms with van der Waals surface area (Å²) in [6, 6.07) is 17.5. The van der Waals surface area contributed by atoms with E-state index in [-0.39, 0.29) is 23.3 Å². The summed E-state index contributed by atoms with van der Waals surface area (Å²) in [7, 11) is 0. The maximum absolute atomic E-state index is 12.5. The lowest BCUT2D eigenvalue weighted by Gasteiger charge is -2.30. The van der Waals surface area contributed by atoms with Crippen molar-refractivity contribution in [1.82, 2.24) is 5.43 Å². The Kier molecular flexibility index (Phi) is 7.16. The van der Waals surface area contributed by atoms with E-state index in [0.717, 1.165) is 11.3 Å². The van der Waals surface area contributed by atoms with Crippen molar-refractivity contribution in [3.63, 3.8) is 0 Å². The normalized spacial score (nSPS) is 12.5. The van der Waals surface area contributed by atoms with E-state index < -0.39 is 11.0 Å². The van der Waals surface area contributed by atoms with Crippen molar-refractivity contribution in [3.05, 3.63) is 88.0 Å². The van der Waals surface area contributed by atoms with Gasteiger partial charge in [0.15, 0.2) is 11.7 Å². The molecule has 1 aliphatic rings. The molecule has 0 saturated heterocycles. The zero-order valence-corrected chi connectivity index (χ0v) is 19.7. The lowest BCUT2D eigenvalue weighted by Crippen LogP contribution is -2.45. The highest BCUT2D eigenvalue weighted by molar-refractivity contribution is 7.80. The Balaban J connectivity index is 1.41. The second-order valence-corrected chi connectivity index (χ2v) is 8.06. The molecule has 3 N–H and O–H groups in total. The highest BCUT2D eigenvalue weighted by Crippen LogP contribution is 2.35. The van der Waals surface area contributed by atoms with Crippen molar-refractivity contribution >= 4 is 58.2 Å². The number of nitro groups is 1. The van der Waals surface area contributed by atoms with E-state index in [4.69, 9.17) is 17.0 Å². The molecule has 182 valence electrons. The van der Waals surface area contributed by atoms with Crippen LogP contribution in [0, 0.1) is 17.0 Å². The number of hydrogen-bond acceptors (Lipinski definition) is 7. The summed E-state index contributed by atoms with van der Waals surface area (Å²) >= 11 is 5.46. The fraction of sp³-hybridized carbons (Fsp3) is 0.0833. The minimum atomic E-state index is -0.642. The van der Waals surface area contributed by atoms with Crippen molar-refractivity contribution in [2.24, 2.45) is 5.10 Å². The number of hydrazone groups is 1. The van der Waals surface area contributed by atoms with Crippen molar-refractivity contribution in [2.45, 2.75) is 6.92 Å². The zero-order valence-electron chi connectivity index (χ0n) is 18.9. The zero-order chi connectivity index (χ0) is 25.7. The molecule has 0 aliphatic carbocycles. The Bertz CT molecular complexity index is 1380. The van der Waals surface area contributed by atoms with Crippen molar-refractivity contribution < 1.29 is 19.2 Å². The number of nitrogens with zero attached hydrogens (tertiary/aromatic N) is 3. The standard InChI is InChI=1S/C24H20N6O5S/c1-15-5-7-17(8-6-15)27-24(36)29-20-10-9-18(12-21(20)35-14-22(29)31)26-23(32)28-25-13-16-3-2-4-19(11-16)30(33)34/h2-13H,14H2,1H3,(H,27,36)(H2,26,28,32)/b25-13+. The molecule has 1 heterocycles. The van der Waals surface area contributed by atoms with E-state index in [9.17, 15) is 19.7 Å². The minimum Gasteiger partial charge on any atom is -0.481 e. The molecule has 36 heavy (non-hydrogen) atoms. The van der Waals surface area contributed by atoms with Crippen LogP contribution in [0.3, 0.4) is 0 Å². The molecule has 3 aromatic carbocycles. The number of thiocarbonyl (C=S) groups is 1. The Morgan fingerprint density at radius 3 is 2.61 bits per heavy atom. The number of anilines is 3. The van der Waals surface area contributed by atoms with Crippen LogP contribution in [-0.4, -0.2) is 34.8 Å². The van der Waals surface area contributed by atoms with Gasteiger partial charge in [0.1, 0.15) is 5.75 Å². The molecule has 4 rings (SSSR count). The SMILES string of the molecule is Cc1ccc(NC(=S)N2C(=O)COc3cc(NC(=O)N/N=C/c4cccc([N+](=O)[O-])c4)ccc32)cc1. The van der Waals surface area contributed by atoms with Gasteiger partial charge < -0.3 is 15.4 Å². The number of aryl methyl sites for hydroxylation is 1. The molecule has 12 heteroatoms. The Morgan fingerprint density at radius 2 is 1.86 bits per heavy atom. The number of non-ortho nitro benzene ring substituents is 1. The Hall–Kier alpha value is -4.84. The summed E-state index contributed by atoms with van der Waals surface area (Å²) < 4.78 is 5.54. The third-order valence-electron chi connectivity index (χ3n) is 5.03. The van der Waals surface area contributed by atoms with Crippen LogP contribution in [0.2, 0.25) is 0 Å². The fourth-order valence-corrected chi connectivity index (χ4v) is 3.63. The maximum atomic E-state index is 12.5. The van der Waals surface area contributed by atoms with Crippen LogP contribution in [-0.2, 0) is 4.79 Å². The third-order valence-corrected chi connectivity index (χ3v) is 5.31. The van der Waals surface area contributed by atoms with Crippen LogP contribution >= 0.6 is 12.2 Å². The molecule has 0 saturated carbocycles. The van der Waals surface area contributed by atoms with E-state index >= 15 is 0 Å². The fourth-order valence-electron chi connectivity index (χ4n) is 3.31. The molecule has 0 atom stereocenters. The molecule has 0 spiro atoms. The van der Waals surface area contributed by atoms with E-state index in [1.165, 1.54) is 29.3 Å². The van der Waals surface area contributed by atoms with E-state index in [0.29, 0.717) is 22.7 Å². The summed E-state index contributed by atoms with van der Waals surface area (Å²) in [5.41, 5.74) is 5.32. The van der Waals surface area contributed by atoms with Gasteiger partial charge in [-0.1, -0.05) is 29.8 Å². The van der Waals surface area contributed by atoms with Crippen LogP contribution in [0.5, 0.6) is 5.75 Å². The van der Waals surface area contributed by atoms with Crippen molar-refractivity contribution in [1.29, 1.82) is 0 Å². The lowest BCUT2D eigenvalue weighted by atomic mass is 10.2. The van der Waals surface area contributed by atoms with Gasteiger partial charge in [-0.05, 0) is 43.4 Å². The second-order valence-electron chi connectivity index (χ2n) is 7.67.